The average Bonchev–Trinajstić information content (AvgIpc) is 2.86. The van der Waals surface area contributed by atoms with Crippen LogP contribution in [-0.2, 0) is 13.1 Å². The molecule has 5 heteroatoms. The summed E-state index contributed by atoms with van der Waals surface area (Å²) < 4.78 is 10.3. The molecule has 0 aromatic carbocycles. The van der Waals surface area contributed by atoms with Gasteiger partial charge in [-0.1, -0.05) is 0 Å². The first-order valence-electron chi connectivity index (χ1n) is 4.66. The number of aromatic nitrogens is 1. The molecule has 0 aliphatic rings. The van der Waals surface area contributed by atoms with Crippen molar-refractivity contribution in [3.63, 3.8) is 0 Å². The van der Waals surface area contributed by atoms with Crippen LogP contribution in [-0.4, -0.2) is 12.0 Å². The molecule has 0 saturated carbocycles. The fraction of sp³-hybridized carbons (Fsp3) is 0.300. The molecular weight excluding hydrogens is 194 g/mol. The zero-order valence-electron chi connectivity index (χ0n) is 8.51. The van der Waals surface area contributed by atoms with E-state index in [4.69, 9.17) is 14.6 Å². The lowest BCUT2D eigenvalue weighted by Crippen LogP contribution is -2.16. The van der Waals surface area contributed by atoms with Crippen molar-refractivity contribution in [3.05, 3.63) is 36.1 Å². The molecule has 2 rings (SSSR count). The molecule has 0 saturated heterocycles. The van der Waals surface area contributed by atoms with E-state index >= 15 is 0 Å². The van der Waals surface area contributed by atoms with Gasteiger partial charge in [0.25, 0.3) is 6.01 Å². The third-order valence-electron chi connectivity index (χ3n) is 2.08. The summed E-state index contributed by atoms with van der Waals surface area (Å²) >= 11 is 0. The van der Waals surface area contributed by atoms with Gasteiger partial charge in [0.1, 0.15) is 6.26 Å². The molecule has 0 radical (unpaired) electrons. The third kappa shape index (κ3) is 2.19. The van der Waals surface area contributed by atoms with Gasteiger partial charge in [0.2, 0.25) is 0 Å². The van der Waals surface area contributed by atoms with E-state index in [1.165, 1.54) is 0 Å². The van der Waals surface area contributed by atoms with E-state index in [1.807, 2.05) is 18.0 Å². The van der Waals surface area contributed by atoms with Crippen LogP contribution in [0, 0.1) is 0 Å². The quantitative estimate of drug-likeness (QED) is 0.819. The van der Waals surface area contributed by atoms with Gasteiger partial charge < -0.3 is 19.5 Å². The molecule has 0 bridgehead atoms. The fourth-order valence-corrected chi connectivity index (χ4v) is 1.29. The van der Waals surface area contributed by atoms with E-state index < -0.39 is 0 Å². The number of nitrogens with zero attached hydrogens (tertiary/aromatic N) is 2. The maximum atomic E-state index is 5.44. The second kappa shape index (κ2) is 4.18. The predicted octanol–water partition coefficient (Wildman–Crippen LogP) is 1.36. The number of hydrogen-bond donors (Lipinski definition) is 1. The highest BCUT2D eigenvalue weighted by Gasteiger charge is 2.09. The minimum atomic E-state index is 0.392. The van der Waals surface area contributed by atoms with Crippen LogP contribution in [0.2, 0.25) is 0 Å². The van der Waals surface area contributed by atoms with Crippen molar-refractivity contribution in [1.82, 2.24) is 4.98 Å². The summed E-state index contributed by atoms with van der Waals surface area (Å²) in [5.74, 6) is 0. The molecule has 0 amide bonds. The Morgan fingerprint density at radius 3 is 2.93 bits per heavy atom. The average molecular weight is 207 g/mol. The minimum absolute atomic E-state index is 0.392. The van der Waals surface area contributed by atoms with Crippen LogP contribution in [0.5, 0.6) is 0 Å². The summed E-state index contributed by atoms with van der Waals surface area (Å²) in [6, 6.07) is 2.47. The monoisotopic (exact) mass is 207 g/mol. The Morgan fingerprint density at radius 1 is 1.47 bits per heavy atom. The molecule has 0 aliphatic heterocycles. The lowest BCUT2D eigenvalue weighted by molar-refractivity contribution is 0.540. The van der Waals surface area contributed by atoms with Gasteiger partial charge in [0.15, 0.2) is 0 Å². The molecule has 2 aromatic rings. The summed E-state index contributed by atoms with van der Waals surface area (Å²) in [6.07, 6.45) is 4.91. The van der Waals surface area contributed by atoms with Crippen LogP contribution in [0.3, 0.4) is 0 Å². The van der Waals surface area contributed by atoms with Gasteiger partial charge in [-0.2, -0.15) is 4.98 Å². The van der Waals surface area contributed by atoms with E-state index in [2.05, 4.69) is 4.98 Å². The standard InChI is InChI=1S/C10H13N3O2/c1-13(5-8-2-3-14-6-8)10-12-9(4-11)7-15-10/h2-3,6-7H,4-5,11H2,1H3. The van der Waals surface area contributed by atoms with Crippen LogP contribution >= 0.6 is 0 Å². The van der Waals surface area contributed by atoms with Gasteiger partial charge in [-0.25, -0.2) is 0 Å². The molecule has 2 N–H and O–H groups in total. The molecule has 0 unspecified atom stereocenters. The van der Waals surface area contributed by atoms with E-state index in [-0.39, 0.29) is 0 Å². The van der Waals surface area contributed by atoms with Crippen molar-refractivity contribution in [2.24, 2.45) is 5.73 Å². The summed E-state index contributed by atoms with van der Waals surface area (Å²) in [5, 5.41) is 0. The summed E-state index contributed by atoms with van der Waals surface area (Å²) in [6.45, 7) is 1.09. The predicted molar refractivity (Wildman–Crippen MR) is 55.2 cm³/mol. The van der Waals surface area contributed by atoms with Crippen molar-refractivity contribution in [1.29, 1.82) is 0 Å². The Balaban J connectivity index is 2.04. The Morgan fingerprint density at radius 2 is 2.33 bits per heavy atom. The molecule has 5 nitrogen and oxygen atoms in total. The maximum Gasteiger partial charge on any atom is 0.297 e. The first-order valence-corrected chi connectivity index (χ1v) is 4.66. The number of anilines is 1. The Bertz CT molecular complexity index is 408. The fourth-order valence-electron chi connectivity index (χ4n) is 1.29. The van der Waals surface area contributed by atoms with Crippen molar-refractivity contribution in [2.75, 3.05) is 11.9 Å². The lowest BCUT2D eigenvalue weighted by atomic mass is 10.3. The van der Waals surface area contributed by atoms with Crippen molar-refractivity contribution in [2.45, 2.75) is 13.1 Å². The molecule has 2 aromatic heterocycles. The highest BCUT2D eigenvalue weighted by molar-refractivity contribution is 5.27. The minimum Gasteiger partial charge on any atom is -0.472 e. The van der Waals surface area contributed by atoms with Gasteiger partial charge in [-0.05, 0) is 6.07 Å². The first kappa shape index (κ1) is 9.79. The van der Waals surface area contributed by atoms with E-state index in [9.17, 15) is 0 Å². The second-order valence-corrected chi connectivity index (χ2v) is 3.31. The van der Waals surface area contributed by atoms with Crippen LogP contribution < -0.4 is 10.6 Å². The molecule has 80 valence electrons. The maximum absolute atomic E-state index is 5.44. The van der Waals surface area contributed by atoms with Crippen LogP contribution in [0.25, 0.3) is 0 Å². The van der Waals surface area contributed by atoms with Crippen LogP contribution in [0.1, 0.15) is 11.3 Å². The molecule has 0 aliphatic carbocycles. The number of hydrogen-bond acceptors (Lipinski definition) is 5. The SMILES string of the molecule is CN(Cc1ccoc1)c1nc(CN)co1. The Kier molecular flexibility index (Phi) is 2.73. The third-order valence-corrected chi connectivity index (χ3v) is 2.08. The molecule has 2 heterocycles. The molecule has 0 spiro atoms. The Labute approximate surface area is 87.5 Å². The van der Waals surface area contributed by atoms with E-state index in [0.29, 0.717) is 19.1 Å². The molecule has 0 atom stereocenters. The van der Waals surface area contributed by atoms with Crippen LogP contribution in [0.4, 0.5) is 6.01 Å². The van der Waals surface area contributed by atoms with Gasteiger partial charge in [-0.3, -0.25) is 0 Å². The van der Waals surface area contributed by atoms with Gasteiger partial charge in [0.05, 0.1) is 24.8 Å². The largest absolute Gasteiger partial charge is 0.472 e. The lowest BCUT2D eigenvalue weighted by Gasteiger charge is -2.12. The highest BCUT2D eigenvalue weighted by Crippen LogP contribution is 2.14. The number of furan rings is 1. The Hall–Kier alpha value is -1.75. The molecular formula is C10H13N3O2. The summed E-state index contributed by atoms with van der Waals surface area (Å²) in [5.41, 5.74) is 7.27. The summed E-state index contributed by atoms with van der Waals surface area (Å²) in [7, 11) is 1.90. The van der Waals surface area contributed by atoms with Gasteiger partial charge in [-0.15, -0.1) is 0 Å². The molecule has 15 heavy (non-hydrogen) atoms. The normalized spacial score (nSPS) is 10.5. The highest BCUT2D eigenvalue weighted by atomic mass is 16.4. The van der Waals surface area contributed by atoms with E-state index in [0.717, 1.165) is 11.3 Å². The number of rotatable bonds is 4. The van der Waals surface area contributed by atoms with Crippen molar-refractivity contribution in [3.8, 4) is 0 Å². The van der Waals surface area contributed by atoms with Crippen molar-refractivity contribution >= 4 is 6.01 Å². The summed E-state index contributed by atoms with van der Waals surface area (Å²) in [4.78, 5) is 6.11. The second-order valence-electron chi connectivity index (χ2n) is 3.31. The van der Waals surface area contributed by atoms with Gasteiger partial charge in [0, 0.05) is 19.2 Å². The van der Waals surface area contributed by atoms with Crippen LogP contribution in [0.15, 0.2) is 33.7 Å². The van der Waals surface area contributed by atoms with Gasteiger partial charge >= 0.3 is 0 Å². The number of oxazole rings is 1. The topological polar surface area (TPSA) is 68.4 Å². The smallest absolute Gasteiger partial charge is 0.297 e. The molecule has 0 fully saturated rings. The number of nitrogens with two attached hydrogens (primary N) is 1. The van der Waals surface area contributed by atoms with E-state index in [1.54, 1.807) is 18.8 Å². The first-order chi connectivity index (χ1) is 7.29. The van der Waals surface area contributed by atoms with Crippen molar-refractivity contribution < 1.29 is 8.83 Å². The zero-order valence-corrected chi connectivity index (χ0v) is 8.51. The zero-order chi connectivity index (χ0) is 10.7.